The van der Waals surface area contributed by atoms with Crippen molar-refractivity contribution in [1.29, 1.82) is 0 Å². The molecule has 0 spiro atoms. The van der Waals surface area contributed by atoms with Crippen molar-refractivity contribution in [3.63, 3.8) is 0 Å². The summed E-state index contributed by atoms with van der Waals surface area (Å²) in [6.45, 7) is 6.28. The second-order valence-electron chi connectivity index (χ2n) is 6.42. The molecular weight excluding hydrogens is 443 g/mol. The van der Waals surface area contributed by atoms with Crippen LogP contribution in [0.1, 0.15) is 49.0 Å². The average Bonchev–Trinajstić information content (AvgIpc) is 3.15. The van der Waals surface area contributed by atoms with E-state index < -0.39 is 0 Å². The highest BCUT2D eigenvalue weighted by Crippen LogP contribution is 2.10. The number of carbonyl (C=O) groups is 1. The van der Waals surface area contributed by atoms with E-state index in [-0.39, 0.29) is 42.0 Å². The lowest BCUT2D eigenvalue weighted by atomic mass is 10.1. The molecule has 0 bridgehead atoms. The van der Waals surface area contributed by atoms with Crippen LogP contribution in [0.5, 0.6) is 0 Å². The predicted octanol–water partition coefficient (Wildman–Crippen LogP) is 2.68. The van der Waals surface area contributed by atoms with Gasteiger partial charge < -0.3 is 20.7 Å². The zero-order valence-electron chi connectivity index (χ0n) is 15.9. The smallest absolute Gasteiger partial charge is 0.251 e. The van der Waals surface area contributed by atoms with Crippen LogP contribution in [0.2, 0.25) is 0 Å². The number of amides is 1. The molecule has 1 amide bonds. The number of ether oxygens (including phenoxy) is 1. The topological polar surface area (TPSA) is 74.8 Å². The normalized spacial score (nSPS) is 18.0. The number of rotatable bonds is 7. The molecule has 1 saturated heterocycles. The van der Waals surface area contributed by atoms with Gasteiger partial charge >= 0.3 is 0 Å². The first kappa shape index (κ1) is 22.7. The van der Waals surface area contributed by atoms with E-state index in [2.05, 4.69) is 27.9 Å². The molecular formula is C19H31IN4O2. The molecule has 2 unspecified atom stereocenters. The van der Waals surface area contributed by atoms with Crippen LogP contribution in [0.4, 0.5) is 0 Å². The van der Waals surface area contributed by atoms with Gasteiger partial charge in [0.15, 0.2) is 5.96 Å². The third-order valence-electron chi connectivity index (χ3n) is 4.38. The van der Waals surface area contributed by atoms with E-state index in [0.717, 1.165) is 43.9 Å². The van der Waals surface area contributed by atoms with E-state index in [9.17, 15) is 4.79 Å². The number of carbonyl (C=O) groups excluding carboxylic acids is 1. The maximum atomic E-state index is 12.2. The Morgan fingerprint density at radius 3 is 2.85 bits per heavy atom. The first-order valence-electron chi connectivity index (χ1n) is 9.08. The molecule has 1 heterocycles. The Balaban J connectivity index is 0.00000338. The lowest BCUT2D eigenvalue weighted by Crippen LogP contribution is -2.40. The minimum absolute atomic E-state index is 0. The molecule has 1 fully saturated rings. The fourth-order valence-corrected chi connectivity index (χ4v) is 2.65. The summed E-state index contributed by atoms with van der Waals surface area (Å²) in [5.41, 5.74) is 1.72. The fourth-order valence-electron chi connectivity index (χ4n) is 2.65. The highest BCUT2D eigenvalue weighted by molar-refractivity contribution is 14.0. The first-order valence-corrected chi connectivity index (χ1v) is 9.08. The van der Waals surface area contributed by atoms with Crippen LogP contribution in [0, 0.1) is 0 Å². The van der Waals surface area contributed by atoms with Crippen LogP contribution in [0.15, 0.2) is 29.3 Å². The standard InChI is InChI=1S/C19H30N4O2.HI/c1-4-14(2)23-18(24)16-8-5-7-15(11-16)12-21-19(20-3)22-13-17-9-6-10-25-17;/h5,7-8,11,14,17H,4,6,9-10,12-13H2,1-3H3,(H,23,24)(H2,20,21,22);1H. The number of nitrogens with one attached hydrogen (secondary N) is 3. The zero-order chi connectivity index (χ0) is 18.1. The van der Waals surface area contributed by atoms with E-state index in [1.54, 1.807) is 7.05 Å². The summed E-state index contributed by atoms with van der Waals surface area (Å²) in [6, 6.07) is 7.84. The van der Waals surface area contributed by atoms with Gasteiger partial charge in [-0.05, 0) is 43.9 Å². The summed E-state index contributed by atoms with van der Waals surface area (Å²) < 4.78 is 5.60. The van der Waals surface area contributed by atoms with E-state index in [0.29, 0.717) is 12.1 Å². The molecule has 0 aliphatic carbocycles. The van der Waals surface area contributed by atoms with Crippen molar-refractivity contribution in [2.75, 3.05) is 20.2 Å². The van der Waals surface area contributed by atoms with Gasteiger partial charge in [-0.15, -0.1) is 24.0 Å². The summed E-state index contributed by atoms with van der Waals surface area (Å²) in [7, 11) is 1.75. The van der Waals surface area contributed by atoms with Gasteiger partial charge in [-0.1, -0.05) is 19.1 Å². The van der Waals surface area contributed by atoms with Gasteiger partial charge in [0.1, 0.15) is 0 Å². The van der Waals surface area contributed by atoms with Gasteiger partial charge in [-0.2, -0.15) is 0 Å². The number of aliphatic imine (C=N–C) groups is 1. The molecule has 1 aromatic rings. The number of halogens is 1. The molecule has 1 aliphatic rings. The highest BCUT2D eigenvalue weighted by Gasteiger charge is 2.15. The van der Waals surface area contributed by atoms with Crippen molar-refractivity contribution in [3.05, 3.63) is 35.4 Å². The molecule has 2 atom stereocenters. The molecule has 1 aromatic carbocycles. The quantitative estimate of drug-likeness (QED) is 0.323. The monoisotopic (exact) mass is 474 g/mol. The van der Waals surface area contributed by atoms with Crippen molar-refractivity contribution in [1.82, 2.24) is 16.0 Å². The van der Waals surface area contributed by atoms with Crippen molar-refractivity contribution in [3.8, 4) is 0 Å². The number of guanidine groups is 1. The molecule has 26 heavy (non-hydrogen) atoms. The Bertz CT molecular complexity index is 589. The van der Waals surface area contributed by atoms with Gasteiger partial charge in [-0.25, -0.2) is 0 Å². The summed E-state index contributed by atoms with van der Waals surface area (Å²) in [5.74, 6) is 0.710. The first-order chi connectivity index (χ1) is 12.1. The summed E-state index contributed by atoms with van der Waals surface area (Å²) in [6.07, 6.45) is 3.41. The maximum Gasteiger partial charge on any atom is 0.251 e. The lowest BCUT2D eigenvalue weighted by molar-refractivity contribution is 0.0939. The molecule has 2 rings (SSSR count). The minimum atomic E-state index is -0.0305. The summed E-state index contributed by atoms with van der Waals surface area (Å²) >= 11 is 0. The largest absolute Gasteiger partial charge is 0.376 e. The van der Waals surface area contributed by atoms with E-state index in [4.69, 9.17) is 4.74 Å². The molecule has 3 N–H and O–H groups in total. The predicted molar refractivity (Wildman–Crippen MR) is 116 cm³/mol. The highest BCUT2D eigenvalue weighted by atomic mass is 127. The van der Waals surface area contributed by atoms with Crippen molar-refractivity contribution < 1.29 is 9.53 Å². The Kier molecular flexibility index (Phi) is 10.6. The molecule has 0 radical (unpaired) electrons. The Morgan fingerprint density at radius 1 is 1.38 bits per heavy atom. The van der Waals surface area contributed by atoms with Crippen LogP contribution in [-0.4, -0.2) is 44.2 Å². The molecule has 6 nitrogen and oxygen atoms in total. The van der Waals surface area contributed by atoms with Crippen LogP contribution in [0.3, 0.4) is 0 Å². The Labute approximate surface area is 173 Å². The number of hydrogen-bond donors (Lipinski definition) is 3. The average molecular weight is 474 g/mol. The molecule has 7 heteroatoms. The second kappa shape index (κ2) is 12.1. The van der Waals surface area contributed by atoms with Gasteiger partial charge in [0, 0.05) is 38.3 Å². The SMILES string of the molecule is CCC(C)NC(=O)c1cccc(CNC(=NC)NCC2CCCO2)c1.I. The van der Waals surface area contributed by atoms with E-state index in [1.165, 1.54) is 0 Å². The van der Waals surface area contributed by atoms with Crippen molar-refractivity contribution in [2.45, 2.75) is 51.8 Å². The third-order valence-corrected chi connectivity index (χ3v) is 4.38. The zero-order valence-corrected chi connectivity index (χ0v) is 18.2. The van der Waals surface area contributed by atoms with Gasteiger partial charge in [0.2, 0.25) is 0 Å². The summed E-state index contributed by atoms with van der Waals surface area (Å²) in [4.78, 5) is 16.5. The van der Waals surface area contributed by atoms with E-state index >= 15 is 0 Å². The molecule has 0 saturated carbocycles. The van der Waals surface area contributed by atoms with Crippen molar-refractivity contribution >= 4 is 35.8 Å². The van der Waals surface area contributed by atoms with Crippen molar-refractivity contribution in [2.24, 2.45) is 4.99 Å². The molecule has 146 valence electrons. The van der Waals surface area contributed by atoms with E-state index in [1.807, 2.05) is 31.2 Å². The third kappa shape index (κ3) is 7.49. The molecule has 0 aromatic heterocycles. The lowest BCUT2D eigenvalue weighted by Gasteiger charge is -2.15. The van der Waals surface area contributed by atoms with Gasteiger partial charge in [0.05, 0.1) is 6.10 Å². The summed E-state index contributed by atoms with van der Waals surface area (Å²) in [5, 5.41) is 9.56. The second-order valence-corrected chi connectivity index (χ2v) is 6.42. The van der Waals surface area contributed by atoms with Gasteiger partial charge in [0.25, 0.3) is 5.91 Å². The number of benzene rings is 1. The number of hydrogen-bond acceptors (Lipinski definition) is 3. The van der Waals surface area contributed by atoms with Crippen LogP contribution < -0.4 is 16.0 Å². The number of nitrogens with zero attached hydrogens (tertiary/aromatic N) is 1. The van der Waals surface area contributed by atoms with Crippen LogP contribution in [-0.2, 0) is 11.3 Å². The fraction of sp³-hybridized carbons (Fsp3) is 0.579. The molecule has 1 aliphatic heterocycles. The van der Waals surface area contributed by atoms with Gasteiger partial charge in [-0.3, -0.25) is 9.79 Å². The Hall–Kier alpha value is -1.35. The Morgan fingerprint density at radius 2 is 2.19 bits per heavy atom. The van der Waals surface area contributed by atoms with Crippen LogP contribution >= 0.6 is 24.0 Å². The van der Waals surface area contributed by atoms with Crippen LogP contribution in [0.25, 0.3) is 0 Å². The minimum Gasteiger partial charge on any atom is -0.376 e. The maximum absolute atomic E-state index is 12.2.